The first-order chi connectivity index (χ1) is 10.9. The Morgan fingerprint density at radius 3 is 2.52 bits per heavy atom. The molecule has 0 heterocycles. The molecule has 5 atom stereocenters. The number of hydrogen-bond donors (Lipinski definition) is 2. The molecule has 1 amide bonds. The fraction of sp³-hybridized carbons (Fsp3) is 0.688. The normalized spacial score (nSPS) is 35.3. The maximum absolute atomic E-state index is 12.6. The van der Waals surface area contributed by atoms with Gasteiger partial charge in [0.05, 0.1) is 31.7 Å². The summed E-state index contributed by atoms with van der Waals surface area (Å²) in [4.78, 5) is 36.5. The maximum Gasteiger partial charge on any atom is 0.332 e. The molecule has 0 aromatic heterocycles. The van der Waals surface area contributed by atoms with E-state index >= 15 is 0 Å². The number of carbonyl (C=O) groups is 3. The minimum atomic E-state index is -1.09. The number of aliphatic hydroxyl groups excluding tert-OH is 1. The molecule has 0 spiro atoms. The summed E-state index contributed by atoms with van der Waals surface area (Å²) in [7, 11) is 1.25. The number of aliphatic hydroxyl groups is 1. The minimum absolute atomic E-state index is 0.170. The number of rotatable bonds is 6. The zero-order valence-corrected chi connectivity index (χ0v) is 13.4. The van der Waals surface area contributed by atoms with Gasteiger partial charge >= 0.3 is 11.9 Å². The summed E-state index contributed by atoms with van der Waals surface area (Å²) in [6, 6.07) is 0. The van der Waals surface area contributed by atoms with Gasteiger partial charge < -0.3 is 19.9 Å². The topological polar surface area (TPSA) is 102 Å². The predicted molar refractivity (Wildman–Crippen MR) is 80.0 cm³/mol. The van der Waals surface area contributed by atoms with Gasteiger partial charge in [-0.2, -0.15) is 0 Å². The molecule has 2 aliphatic rings. The van der Waals surface area contributed by atoms with Crippen molar-refractivity contribution in [2.75, 3.05) is 13.7 Å². The van der Waals surface area contributed by atoms with Gasteiger partial charge in [0.2, 0.25) is 5.91 Å². The van der Waals surface area contributed by atoms with Crippen LogP contribution in [0.5, 0.6) is 0 Å². The average Bonchev–Trinajstić information content (AvgIpc) is 3.10. The van der Waals surface area contributed by atoms with Gasteiger partial charge in [0, 0.05) is 5.92 Å². The fourth-order valence-corrected chi connectivity index (χ4v) is 3.29. The van der Waals surface area contributed by atoms with Gasteiger partial charge in [-0.1, -0.05) is 6.08 Å². The van der Waals surface area contributed by atoms with Crippen molar-refractivity contribution in [1.82, 2.24) is 5.32 Å². The van der Waals surface area contributed by atoms with E-state index in [0.717, 1.165) is 0 Å². The zero-order valence-electron chi connectivity index (χ0n) is 13.4. The summed E-state index contributed by atoms with van der Waals surface area (Å²) in [6.07, 6.45) is 1.66. The van der Waals surface area contributed by atoms with Crippen molar-refractivity contribution in [3.63, 3.8) is 0 Å². The second-order valence-corrected chi connectivity index (χ2v) is 6.09. The van der Waals surface area contributed by atoms with E-state index in [1.807, 2.05) is 0 Å². The van der Waals surface area contributed by atoms with E-state index < -0.39 is 41.3 Å². The van der Waals surface area contributed by atoms with Crippen molar-refractivity contribution in [2.24, 2.45) is 17.8 Å². The van der Waals surface area contributed by atoms with Crippen LogP contribution in [0.4, 0.5) is 0 Å². The first-order valence-electron chi connectivity index (χ1n) is 7.77. The van der Waals surface area contributed by atoms with E-state index in [-0.39, 0.29) is 25.4 Å². The van der Waals surface area contributed by atoms with Gasteiger partial charge in [-0.3, -0.25) is 9.59 Å². The van der Waals surface area contributed by atoms with Crippen LogP contribution in [0.1, 0.15) is 26.2 Å². The van der Waals surface area contributed by atoms with Crippen LogP contribution >= 0.6 is 0 Å². The molecule has 0 aromatic rings. The van der Waals surface area contributed by atoms with Gasteiger partial charge in [0.1, 0.15) is 5.54 Å². The number of nitrogens with one attached hydrogen (secondary N) is 1. The molecule has 0 unspecified atom stereocenters. The third-order valence-corrected chi connectivity index (χ3v) is 4.66. The molecule has 23 heavy (non-hydrogen) atoms. The van der Waals surface area contributed by atoms with Crippen LogP contribution in [0.15, 0.2) is 12.7 Å². The third-order valence-electron chi connectivity index (χ3n) is 4.66. The Balaban J connectivity index is 2.11. The highest BCUT2D eigenvalue weighted by Crippen LogP contribution is 2.46. The molecule has 0 bridgehead atoms. The number of carbonyl (C=O) groups excluding carboxylic acids is 3. The second-order valence-electron chi connectivity index (χ2n) is 6.09. The summed E-state index contributed by atoms with van der Waals surface area (Å²) in [5, 5.41) is 12.5. The van der Waals surface area contributed by atoms with Crippen molar-refractivity contribution in [1.29, 1.82) is 0 Å². The van der Waals surface area contributed by atoms with Crippen molar-refractivity contribution in [2.45, 2.75) is 37.8 Å². The fourth-order valence-electron chi connectivity index (χ4n) is 3.29. The molecule has 2 rings (SSSR count). The summed E-state index contributed by atoms with van der Waals surface area (Å²) in [5.41, 5.74) is -1.09. The number of ether oxygens (including phenoxy) is 2. The third kappa shape index (κ3) is 3.24. The number of esters is 2. The van der Waals surface area contributed by atoms with Gasteiger partial charge in [-0.15, -0.1) is 6.58 Å². The largest absolute Gasteiger partial charge is 0.469 e. The molecule has 0 radical (unpaired) electrons. The summed E-state index contributed by atoms with van der Waals surface area (Å²) in [6.45, 7) is 5.57. The molecule has 0 aromatic carbocycles. The molecule has 7 nitrogen and oxygen atoms in total. The molecule has 128 valence electrons. The second kappa shape index (κ2) is 6.70. The van der Waals surface area contributed by atoms with Gasteiger partial charge in [-0.05, 0) is 26.2 Å². The summed E-state index contributed by atoms with van der Waals surface area (Å²) >= 11 is 0. The highest BCUT2D eigenvalue weighted by atomic mass is 16.5. The van der Waals surface area contributed by atoms with Crippen LogP contribution in [0.25, 0.3) is 0 Å². The lowest BCUT2D eigenvalue weighted by atomic mass is 9.94. The molecule has 7 heteroatoms. The van der Waals surface area contributed by atoms with Gasteiger partial charge in [0.25, 0.3) is 0 Å². The maximum atomic E-state index is 12.6. The highest BCUT2D eigenvalue weighted by molar-refractivity contribution is 5.94. The summed E-state index contributed by atoms with van der Waals surface area (Å²) < 4.78 is 9.74. The standard InChI is InChI=1S/C16H23NO6/c1-4-9-8-16(9,15(21)23-5-2)17-13(19)11-6-10(18)7-12(11)14(20)22-3/h4,9-12,18H,1,5-8H2,2-3H3,(H,17,19)/t9-,10+,11-,12-,16-/m1/s1. The molecule has 0 saturated heterocycles. The van der Waals surface area contributed by atoms with Crippen LogP contribution in [-0.2, 0) is 23.9 Å². The first kappa shape index (κ1) is 17.5. The average molecular weight is 325 g/mol. The van der Waals surface area contributed by atoms with Crippen LogP contribution in [0.2, 0.25) is 0 Å². The lowest BCUT2D eigenvalue weighted by Crippen LogP contribution is -2.49. The molecule has 2 saturated carbocycles. The lowest BCUT2D eigenvalue weighted by Gasteiger charge is -2.22. The minimum Gasteiger partial charge on any atom is -0.469 e. The van der Waals surface area contributed by atoms with Crippen molar-refractivity contribution in [3.05, 3.63) is 12.7 Å². The Kier molecular flexibility index (Phi) is 5.09. The van der Waals surface area contributed by atoms with E-state index in [2.05, 4.69) is 11.9 Å². The number of amides is 1. The zero-order chi connectivity index (χ0) is 17.2. The number of methoxy groups -OCH3 is 1. The number of hydrogen-bond acceptors (Lipinski definition) is 6. The Morgan fingerprint density at radius 2 is 2.00 bits per heavy atom. The van der Waals surface area contributed by atoms with Crippen LogP contribution in [-0.4, -0.2) is 48.3 Å². The monoisotopic (exact) mass is 325 g/mol. The Morgan fingerprint density at radius 1 is 1.35 bits per heavy atom. The van der Waals surface area contributed by atoms with E-state index in [1.165, 1.54) is 7.11 Å². The molecule has 2 N–H and O–H groups in total. The quantitative estimate of drug-likeness (QED) is 0.533. The SMILES string of the molecule is C=C[C@@H]1C[C@]1(NC(=O)[C@@H]1C[C@H](O)C[C@H]1C(=O)OC)C(=O)OCC. The first-order valence-corrected chi connectivity index (χ1v) is 7.77. The van der Waals surface area contributed by atoms with E-state index in [0.29, 0.717) is 6.42 Å². The van der Waals surface area contributed by atoms with Crippen molar-refractivity contribution >= 4 is 17.8 Å². The predicted octanol–water partition coefficient (Wildman–Crippen LogP) is 0.170. The van der Waals surface area contributed by atoms with Crippen LogP contribution in [0.3, 0.4) is 0 Å². The Hall–Kier alpha value is -1.89. The van der Waals surface area contributed by atoms with Crippen LogP contribution < -0.4 is 5.32 Å². The molecule has 2 aliphatic carbocycles. The molecule has 2 fully saturated rings. The highest BCUT2D eigenvalue weighted by Gasteiger charge is 2.62. The smallest absolute Gasteiger partial charge is 0.332 e. The van der Waals surface area contributed by atoms with E-state index in [9.17, 15) is 19.5 Å². The van der Waals surface area contributed by atoms with Gasteiger partial charge in [0.15, 0.2) is 0 Å². The lowest BCUT2D eigenvalue weighted by molar-refractivity contribution is -0.151. The van der Waals surface area contributed by atoms with Gasteiger partial charge in [-0.25, -0.2) is 4.79 Å². The van der Waals surface area contributed by atoms with E-state index in [1.54, 1.807) is 13.0 Å². The Bertz CT molecular complexity index is 519. The van der Waals surface area contributed by atoms with Crippen LogP contribution in [0, 0.1) is 17.8 Å². The molecular weight excluding hydrogens is 302 g/mol. The molecule has 0 aliphatic heterocycles. The van der Waals surface area contributed by atoms with Crippen molar-refractivity contribution < 1.29 is 29.0 Å². The van der Waals surface area contributed by atoms with E-state index in [4.69, 9.17) is 9.47 Å². The summed E-state index contributed by atoms with van der Waals surface area (Å²) in [5.74, 6) is -3.05. The van der Waals surface area contributed by atoms with Crippen molar-refractivity contribution in [3.8, 4) is 0 Å². The molecular formula is C16H23NO6. The Labute approximate surface area is 135 Å².